The van der Waals surface area contributed by atoms with E-state index >= 15 is 0 Å². The lowest BCUT2D eigenvalue weighted by Crippen LogP contribution is -2.45. The summed E-state index contributed by atoms with van der Waals surface area (Å²) in [5.74, 6) is 0.470. The van der Waals surface area contributed by atoms with Gasteiger partial charge in [0.2, 0.25) is 5.91 Å². The first-order chi connectivity index (χ1) is 10.3. The van der Waals surface area contributed by atoms with Gasteiger partial charge in [0.05, 0.1) is 5.54 Å². The molecular formula is C18H22N2O2. The van der Waals surface area contributed by atoms with Gasteiger partial charge in [-0.2, -0.15) is 0 Å². The van der Waals surface area contributed by atoms with Gasteiger partial charge < -0.3 is 15.8 Å². The number of carbonyl (C=O) groups is 1. The molecule has 0 aliphatic heterocycles. The first-order valence-corrected chi connectivity index (χ1v) is 7.23. The summed E-state index contributed by atoms with van der Waals surface area (Å²) in [5.41, 5.74) is 7.83. The average Bonchev–Trinajstić information content (AvgIpc) is 2.45. The molecule has 0 saturated heterocycles. The number of benzene rings is 2. The summed E-state index contributed by atoms with van der Waals surface area (Å²) in [6, 6.07) is 15.5. The number of carbonyl (C=O) groups excluding carboxylic acids is 1. The Morgan fingerprint density at radius 1 is 1.18 bits per heavy atom. The van der Waals surface area contributed by atoms with Crippen LogP contribution in [0.5, 0.6) is 5.75 Å². The summed E-state index contributed by atoms with van der Waals surface area (Å²) in [7, 11) is 0. The van der Waals surface area contributed by atoms with Crippen LogP contribution in [0.15, 0.2) is 48.5 Å². The van der Waals surface area contributed by atoms with Crippen molar-refractivity contribution in [2.75, 3.05) is 5.32 Å². The van der Waals surface area contributed by atoms with Crippen molar-refractivity contribution in [2.45, 2.75) is 32.9 Å². The number of hydrogen-bond acceptors (Lipinski definition) is 3. The second-order valence-corrected chi connectivity index (χ2v) is 5.98. The molecule has 3 N–H and O–H groups in total. The van der Waals surface area contributed by atoms with Crippen LogP contribution in [0.1, 0.15) is 25.0 Å². The van der Waals surface area contributed by atoms with Gasteiger partial charge in [-0.15, -0.1) is 0 Å². The van der Waals surface area contributed by atoms with E-state index in [1.807, 2.05) is 43.3 Å². The number of rotatable bonds is 5. The molecule has 0 bridgehead atoms. The molecule has 0 aliphatic rings. The summed E-state index contributed by atoms with van der Waals surface area (Å²) in [5, 5.41) is 2.79. The van der Waals surface area contributed by atoms with Gasteiger partial charge in [0.25, 0.3) is 0 Å². The lowest BCUT2D eigenvalue weighted by Gasteiger charge is -2.18. The molecule has 116 valence electrons. The van der Waals surface area contributed by atoms with Crippen LogP contribution in [0.4, 0.5) is 5.69 Å². The molecule has 2 aromatic carbocycles. The Hall–Kier alpha value is -2.33. The van der Waals surface area contributed by atoms with Crippen molar-refractivity contribution in [3.05, 3.63) is 59.7 Å². The van der Waals surface area contributed by atoms with Crippen molar-refractivity contribution in [3.8, 4) is 5.75 Å². The molecule has 4 heteroatoms. The Kier molecular flexibility index (Phi) is 4.83. The molecule has 0 unspecified atom stereocenters. The van der Waals surface area contributed by atoms with Crippen molar-refractivity contribution < 1.29 is 9.53 Å². The van der Waals surface area contributed by atoms with E-state index in [0.717, 1.165) is 5.56 Å². The fourth-order valence-electron chi connectivity index (χ4n) is 1.92. The highest BCUT2D eigenvalue weighted by Crippen LogP contribution is 2.19. The Morgan fingerprint density at radius 2 is 1.91 bits per heavy atom. The molecule has 0 heterocycles. The number of nitrogens with two attached hydrogens (primary N) is 1. The van der Waals surface area contributed by atoms with Gasteiger partial charge in [-0.25, -0.2) is 0 Å². The maximum absolute atomic E-state index is 11.9. The molecule has 0 radical (unpaired) electrons. The van der Waals surface area contributed by atoms with Crippen LogP contribution in [0.2, 0.25) is 0 Å². The number of hydrogen-bond donors (Lipinski definition) is 2. The van der Waals surface area contributed by atoms with Gasteiger partial charge >= 0.3 is 0 Å². The number of anilines is 1. The smallest absolute Gasteiger partial charge is 0.243 e. The van der Waals surface area contributed by atoms with Gasteiger partial charge in [0.15, 0.2) is 0 Å². The van der Waals surface area contributed by atoms with E-state index in [0.29, 0.717) is 18.0 Å². The zero-order chi connectivity index (χ0) is 16.2. The van der Waals surface area contributed by atoms with Gasteiger partial charge in [0.1, 0.15) is 12.4 Å². The van der Waals surface area contributed by atoms with Crippen LogP contribution in [0.25, 0.3) is 0 Å². The van der Waals surface area contributed by atoms with Crippen LogP contribution < -0.4 is 15.8 Å². The van der Waals surface area contributed by atoms with E-state index in [9.17, 15) is 4.79 Å². The van der Waals surface area contributed by atoms with Crippen LogP contribution in [0, 0.1) is 6.92 Å². The Bertz CT molecular complexity index is 660. The predicted molar refractivity (Wildman–Crippen MR) is 88.8 cm³/mol. The number of nitrogens with one attached hydrogen (secondary N) is 1. The second kappa shape index (κ2) is 6.62. The lowest BCUT2D eigenvalue weighted by atomic mass is 10.1. The molecule has 22 heavy (non-hydrogen) atoms. The average molecular weight is 298 g/mol. The Balaban J connectivity index is 2.01. The minimum Gasteiger partial charge on any atom is -0.489 e. The van der Waals surface area contributed by atoms with E-state index < -0.39 is 5.54 Å². The fraction of sp³-hybridized carbons (Fsp3) is 0.278. The monoisotopic (exact) mass is 298 g/mol. The molecule has 2 aromatic rings. The third kappa shape index (κ3) is 4.60. The van der Waals surface area contributed by atoms with Crippen molar-refractivity contribution >= 4 is 11.6 Å². The topological polar surface area (TPSA) is 64.3 Å². The summed E-state index contributed by atoms with van der Waals surface area (Å²) in [4.78, 5) is 11.9. The maximum atomic E-state index is 11.9. The maximum Gasteiger partial charge on any atom is 0.243 e. The minimum absolute atomic E-state index is 0.233. The lowest BCUT2D eigenvalue weighted by molar-refractivity contribution is -0.120. The molecule has 0 saturated carbocycles. The van der Waals surface area contributed by atoms with Gasteiger partial charge in [-0.05, 0) is 38.5 Å². The van der Waals surface area contributed by atoms with E-state index in [1.165, 1.54) is 5.56 Å². The third-order valence-electron chi connectivity index (χ3n) is 3.17. The quantitative estimate of drug-likeness (QED) is 0.890. The van der Waals surface area contributed by atoms with E-state index in [4.69, 9.17) is 10.5 Å². The van der Waals surface area contributed by atoms with E-state index in [1.54, 1.807) is 19.9 Å². The van der Waals surface area contributed by atoms with Crippen LogP contribution in [0.3, 0.4) is 0 Å². The number of aryl methyl sites for hydroxylation is 1. The molecule has 0 aromatic heterocycles. The highest BCUT2D eigenvalue weighted by molar-refractivity contribution is 5.97. The van der Waals surface area contributed by atoms with Crippen molar-refractivity contribution in [1.82, 2.24) is 0 Å². The fourth-order valence-corrected chi connectivity index (χ4v) is 1.92. The van der Waals surface area contributed by atoms with Crippen molar-refractivity contribution in [3.63, 3.8) is 0 Å². The van der Waals surface area contributed by atoms with Gasteiger partial charge in [0, 0.05) is 11.8 Å². The zero-order valence-electron chi connectivity index (χ0n) is 13.2. The first kappa shape index (κ1) is 16.0. The molecule has 4 nitrogen and oxygen atoms in total. The summed E-state index contributed by atoms with van der Waals surface area (Å²) in [6.45, 7) is 5.87. The third-order valence-corrected chi connectivity index (χ3v) is 3.17. The second-order valence-electron chi connectivity index (χ2n) is 5.98. The standard InChI is InChI=1S/C18H22N2O2/c1-13-6-4-7-14(10-13)12-22-16-9-5-8-15(11-16)20-17(21)18(2,3)19/h4-11H,12,19H2,1-3H3,(H,20,21). The SMILES string of the molecule is Cc1cccc(COc2cccc(NC(=O)C(C)(C)N)c2)c1. The van der Waals surface area contributed by atoms with Crippen molar-refractivity contribution in [2.24, 2.45) is 5.73 Å². The molecule has 0 aliphatic carbocycles. The highest BCUT2D eigenvalue weighted by Gasteiger charge is 2.21. The highest BCUT2D eigenvalue weighted by atomic mass is 16.5. The Labute approximate surface area is 131 Å². The van der Waals surface area contributed by atoms with Crippen LogP contribution in [-0.4, -0.2) is 11.4 Å². The van der Waals surface area contributed by atoms with Crippen LogP contribution >= 0.6 is 0 Å². The normalized spacial score (nSPS) is 11.1. The minimum atomic E-state index is -0.918. The Morgan fingerprint density at radius 3 is 2.59 bits per heavy atom. The molecule has 2 rings (SSSR count). The molecular weight excluding hydrogens is 276 g/mol. The summed E-state index contributed by atoms with van der Waals surface area (Å²) >= 11 is 0. The van der Waals surface area contributed by atoms with Crippen molar-refractivity contribution in [1.29, 1.82) is 0 Å². The van der Waals surface area contributed by atoms with Gasteiger partial charge in [-0.1, -0.05) is 35.9 Å². The number of amides is 1. The molecule has 1 amide bonds. The zero-order valence-corrected chi connectivity index (χ0v) is 13.2. The van der Waals surface area contributed by atoms with Gasteiger partial charge in [-0.3, -0.25) is 4.79 Å². The number of ether oxygens (including phenoxy) is 1. The van der Waals surface area contributed by atoms with E-state index in [-0.39, 0.29) is 5.91 Å². The molecule has 0 atom stereocenters. The summed E-state index contributed by atoms with van der Waals surface area (Å²) in [6.07, 6.45) is 0. The molecule has 0 fully saturated rings. The molecule has 0 spiro atoms. The van der Waals surface area contributed by atoms with E-state index in [2.05, 4.69) is 11.4 Å². The first-order valence-electron chi connectivity index (χ1n) is 7.23. The largest absolute Gasteiger partial charge is 0.489 e. The van der Waals surface area contributed by atoms with Crippen LogP contribution in [-0.2, 0) is 11.4 Å². The summed E-state index contributed by atoms with van der Waals surface area (Å²) < 4.78 is 5.77. The predicted octanol–water partition coefficient (Wildman–Crippen LogP) is 3.25.